The van der Waals surface area contributed by atoms with E-state index in [1.54, 1.807) is 14.2 Å². The maximum atomic E-state index is 5.99. The first-order valence-electron chi connectivity index (χ1n) is 10.3. The highest BCUT2D eigenvalue weighted by Crippen LogP contribution is 2.50. The molecule has 0 aliphatic carbocycles. The van der Waals surface area contributed by atoms with Crippen molar-refractivity contribution in [2.45, 2.75) is 0 Å². The molecule has 3 aromatic rings. The Labute approximate surface area is 200 Å². The van der Waals surface area contributed by atoms with Gasteiger partial charge in [0.25, 0.3) is 0 Å². The van der Waals surface area contributed by atoms with Crippen molar-refractivity contribution in [1.29, 1.82) is 0 Å². The smallest absolute Gasteiger partial charge is 0.174 e. The van der Waals surface area contributed by atoms with Crippen LogP contribution in [0.3, 0.4) is 0 Å². The summed E-state index contributed by atoms with van der Waals surface area (Å²) in [6.07, 6.45) is 16.0. The normalized spacial score (nSPS) is 9.74. The minimum absolute atomic E-state index is 0.0538. The van der Waals surface area contributed by atoms with Crippen LogP contribution < -0.4 is 23.7 Å². The number of rotatable bonds is 10. The molecular formula is C29H24O5. The fraction of sp³-hybridized carbons (Fsp3) is 0.172. The average Bonchev–Trinajstić information content (AvgIpc) is 2.89. The molecule has 0 aliphatic heterocycles. The summed E-state index contributed by atoms with van der Waals surface area (Å²) in [5, 5.41) is 0. The third-order valence-electron chi connectivity index (χ3n) is 4.88. The number of hydrogen-bond acceptors (Lipinski definition) is 5. The molecule has 5 heteroatoms. The van der Waals surface area contributed by atoms with Gasteiger partial charge in [0.1, 0.15) is 37.1 Å². The van der Waals surface area contributed by atoms with Gasteiger partial charge in [-0.3, -0.25) is 0 Å². The lowest BCUT2D eigenvalue weighted by Gasteiger charge is -2.21. The topological polar surface area (TPSA) is 46.2 Å². The average molecular weight is 453 g/mol. The predicted molar refractivity (Wildman–Crippen MR) is 133 cm³/mol. The van der Waals surface area contributed by atoms with Crippen LogP contribution in [-0.4, -0.2) is 34.0 Å². The highest BCUT2D eigenvalue weighted by molar-refractivity contribution is 5.88. The summed E-state index contributed by atoms with van der Waals surface area (Å²) < 4.78 is 28.5. The molecule has 3 rings (SSSR count). The Balaban J connectivity index is 2.14. The molecule has 0 unspecified atom stereocenters. The molecule has 0 saturated heterocycles. The van der Waals surface area contributed by atoms with Crippen LogP contribution in [0.1, 0.15) is 0 Å². The molecule has 0 saturated carbocycles. The van der Waals surface area contributed by atoms with E-state index in [1.807, 2.05) is 54.6 Å². The van der Waals surface area contributed by atoms with E-state index in [4.69, 9.17) is 43.0 Å². The lowest BCUT2D eigenvalue weighted by Crippen LogP contribution is -2.03. The van der Waals surface area contributed by atoms with E-state index in [9.17, 15) is 0 Å². The van der Waals surface area contributed by atoms with Gasteiger partial charge in [-0.05, 0) is 41.5 Å². The minimum Gasteiger partial charge on any atom is -0.496 e. The lowest BCUT2D eigenvalue weighted by molar-refractivity contribution is 0.329. The van der Waals surface area contributed by atoms with Gasteiger partial charge < -0.3 is 23.7 Å². The molecule has 0 atom stereocenters. The molecule has 0 heterocycles. The van der Waals surface area contributed by atoms with E-state index < -0.39 is 0 Å². The molecule has 0 amide bonds. The first kappa shape index (κ1) is 24.0. The first-order chi connectivity index (χ1) is 16.7. The van der Waals surface area contributed by atoms with Crippen molar-refractivity contribution in [3.05, 3.63) is 54.6 Å². The number of benzene rings is 3. The summed E-state index contributed by atoms with van der Waals surface area (Å²) in [7, 11) is 3.18. The van der Waals surface area contributed by atoms with Crippen molar-refractivity contribution >= 4 is 0 Å². The molecule has 0 spiro atoms. The van der Waals surface area contributed by atoms with Crippen LogP contribution in [0.25, 0.3) is 22.3 Å². The first-order valence-corrected chi connectivity index (χ1v) is 10.3. The van der Waals surface area contributed by atoms with Crippen LogP contribution in [0.15, 0.2) is 54.6 Å². The molecule has 0 aromatic heterocycles. The van der Waals surface area contributed by atoms with Crippen molar-refractivity contribution in [3.63, 3.8) is 0 Å². The van der Waals surface area contributed by atoms with E-state index in [0.29, 0.717) is 34.3 Å². The van der Waals surface area contributed by atoms with Crippen LogP contribution in [-0.2, 0) is 0 Å². The van der Waals surface area contributed by atoms with E-state index in [-0.39, 0.29) is 19.8 Å². The fourth-order valence-corrected chi connectivity index (χ4v) is 3.42. The monoisotopic (exact) mass is 452 g/mol. The number of ether oxygens (including phenoxy) is 5. The summed E-state index contributed by atoms with van der Waals surface area (Å²) in [6.45, 7) is 0.439. The maximum Gasteiger partial charge on any atom is 0.174 e. The Morgan fingerprint density at radius 2 is 1.12 bits per heavy atom. The summed E-state index contributed by atoms with van der Waals surface area (Å²) in [5.41, 5.74) is 3.18. The molecule has 34 heavy (non-hydrogen) atoms. The molecule has 0 N–H and O–H groups in total. The summed E-state index contributed by atoms with van der Waals surface area (Å²) in [6, 6.07) is 16.8. The minimum atomic E-state index is 0.0538. The van der Waals surface area contributed by atoms with E-state index in [2.05, 4.69) is 17.8 Å². The van der Waals surface area contributed by atoms with E-state index in [0.717, 1.165) is 16.7 Å². The van der Waals surface area contributed by atoms with Crippen molar-refractivity contribution in [1.82, 2.24) is 0 Å². The van der Waals surface area contributed by atoms with Gasteiger partial charge in [0, 0.05) is 5.56 Å². The number of hydrogen-bond donors (Lipinski definition) is 0. The molecule has 0 aliphatic rings. The predicted octanol–water partition coefficient (Wildman–Crippen LogP) is 5.07. The second-order valence-electron chi connectivity index (χ2n) is 6.89. The molecule has 0 fully saturated rings. The zero-order valence-corrected chi connectivity index (χ0v) is 19.1. The van der Waals surface area contributed by atoms with Crippen LogP contribution in [0.5, 0.6) is 28.7 Å². The second kappa shape index (κ2) is 11.8. The molecule has 0 radical (unpaired) electrons. The number of terminal acetylenes is 3. The zero-order valence-electron chi connectivity index (χ0n) is 19.1. The van der Waals surface area contributed by atoms with Gasteiger partial charge in [-0.25, -0.2) is 0 Å². The van der Waals surface area contributed by atoms with E-state index >= 15 is 0 Å². The highest BCUT2D eigenvalue weighted by Gasteiger charge is 2.23. The summed E-state index contributed by atoms with van der Waals surface area (Å²) >= 11 is 0. The Bertz CT molecular complexity index is 1240. The molecular weight excluding hydrogens is 428 g/mol. The fourth-order valence-electron chi connectivity index (χ4n) is 3.42. The molecule has 0 bridgehead atoms. The van der Waals surface area contributed by atoms with Crippen molar-refractivity contribution in [2.75, 3.05) is 34.0 Å². The Morgan fingerprint density at radius 3 is 1.59 bits per heavy atom. The molecule has 3 aromatic carbocycles. The van der Waals surface area contributed by atoms with Gasteiger partial charge in [-0.1, -0.05) is 42.0 Å². The van der Waals surface area contributed by atoms with Gasteiger partial charge in [0.2, 0.25) is 0 Å². The third-order valence-corrected chi connectivity index (χ3v) is 4.88. The van der Waals surface area contributed by atoms with Gasteiger partial charge in [0.15, 0.2) is 11.5 Å². The Hall–Kier alpha value is -4.66. The summed E-state index contributed by atoms with van der Waals surface area (Å²) in [4.78, 5) is 0. The van der Waals surface area contributed by atoms with Crippen molar-refractivity contribution in [3.8, 4) is 88.0 Å². The van der Waals surface area contributed by atoms with Gasteiger partial charge in [-0.2, -0.15) is 0 Å². The van der Waals surface area contributed by atoms with Gasteiger partial charge in [0.05, 0.1) is 19.8 Å². The lowest BCUT2D eigenvalue weighted by atomic mass is 9.96. The second-order valence-corrected chi connectivity index (χ2v) is 6.89. The Morgan fingerprint density at radius 1 is 0.618 bits per heavy atom. The van der Waals surface area contributed by atoms with Crippen LogP contribution in [0.4, 0.5) is 0 Å². The summed E-state index contributed by atoms with van der Waals surface area (Å²) in [5.74, 6) is 10.3. The van der Waals surface area contributed by atoms with Crippen LogP contribution in [0, 0.1) is 37.0 Å². The largest absolute Gasteiger partial charge is 0.496 e. The van der Waals surface area contributed by atoms with Crippen LogP contribution >= 0.6 is 0 Å². The molecule has 170 valence electrons. The maximum absolute atomic E-state index is 5.99. The highest BCUT2D eigenvalue weighted by atomic mass is 16.5. The number of methoxy groups -OCH3 is 2. The van der Waals surface area contributed by atoms with Gasteiger partial charge in [-0.15, -0.1) is 19.3 Å². The third kappa shape index (κ3) is 5.39. The zero-order chi connectivity index (χ0) is 24.3. The van der Waals surface area contributed by atoms with Crippen molar-refractivity contribution < 1.29 is 23.7 Å². The van der Waals surface area contributed by atoms with Gasteiger partial charge >= 0.3 is 0 Å². The van der Waals surface area contributed by atoms with E-state index in [1.165, 1.54) is 0 Å². The van der Waals surface area contributed by atoms with Crippen molar-refractivity contribution in [2.24, 2.45) is 0 Å². The molecule has 5 nitrogen and oxygen atoms in total. The SMILES string of the molecule is C#CCOc1ccc(-c2cc(OC)c(-c3ccc(OCC#C)cc3)c(OCC#C)c2OC)cc1. The van der Waals surface area contributed by atoms with Crippen LogP contribution in [0.2, 0.25) is 0 Å². The standard InChI is InChI=1S/C29H24O5/c1-6-17-32-23-13-9-21(10-14-23)25-20-26(30-4)27(29(28(25)31-5)34-19-8-3)22-11-15-24(16-12-22)33-18-7-2/h1-3,9-16,20H,17-19H2,4-5H3. The Kier molecular flexibility index (Phi) is 8.34. The quantitative estimate of drug-likeness (QED) is 0.402.